The Morgan fingerprint density at radius 1 is 1.65 bits per heavy atom. The van der Waals surface area contributed by atoms with Crippen molar-refractivity contribution < 1.29 is 4.79 Å². The van der Waals surface area contributed by atoms with Gasteiger partial charge in [0.1, 0.15) is 0 Å². The topological polar surface area (TPSA) is 64.2 Å². The second kappa shape index (κ2) is 4.87. The lowest BCUT2D eigenvalue weighted by Gasteiger charge is -2.28. The Balaban J connectivity index is 2.09. The van der Waals surface area contributed by atoms with E-state index in [0.717, 1.165) is 19.3 Å². The van der Waals surface area contributed by atoms with Crippen molar-refractivity contribution in [2.24, 2.45) is 18.7 Å². The number of nitrogens with two attached hydrogens (primary N) is 1. The van der Waals surface area contributed by atoms with E-state index in [0.29, 0.717) is 18.0 Å². The lowest BCUT2D eigenvalue weighted by Crippen LogP contribution is -2.41. The molecule has 5 nitrogen and oxygen atoms in total. The average molecular weight is 236 g/mol. The van der Waals surface area contributed by atoms with Crippen LogP contribution in [0.1, 0.15) is 29.6 Å². The lowest BCUT2D eigenvalue weighted by molar-refractivity contribution is 0.0700. The summed E-state index contributed by atoms with van der Waals surface area (Å²) in [5.74, 6) is 0.490. The van der Waals surface area contributed by atoms with Crippen LogP contribution in [0.5, 0.6) is 0 Å². The molecule has 1 aromatic heterocycles. The molecule has 2 unspecified atom stereocenters. The highest BCUT2D eigenvalue weighted by atomic mass is 16.2. The van der Waals surface area contributed by atoms with E-state index in [2.05, 4.69) is 5.10 Å². The fourth-order valence-electron chi connectivity index (χ4n) is 2.69. The predicted molar refractivity (Wildman–Crippen MR) is 65.5 cm³/mol. The van der Waals surface area contributed by atoms with Crippen LogP contribution in [0.25, 0.3) is 0 Å². The van der Waals surface area contributed by atoms with Gasteiger partial charge in [-0.2, -0.15) is 5.10 Å². The number of hydrogen-bond donors (Lipinski definition) is 1. The average Bonchev–Trinajstić information content (AvgIpc) is 2.95. The third kappa shape index (κ3) is 2.34. The Labute approximate surface area is 102 Å². The first-order chi connectivity index (χ1) is 8.13. The monoisotopic (exact) mass is 236 g/mol. The van der Waals surface area contributed by atoms with Gasteiger partial charge in [-0.1, -0.05) is 6.42 Å². The first kappa shape index (κ1) is 12.1. The summed E-state index contributed by atoms with van der Waals surface area (Å²) in [4.78, 5) is 14.1. The first-order valence-corrected chi connectivity index (χ1v) is 6.09. The normalized spacial score (nSPS) is 23.9. The molecule has 1 aliphatic carbocycles. The van der Waals surface area contributed by atoms with Gasteiger partial charge in [-0.05, 0) is 25.3 Å². The van der Waals surface area contributed by atoms with E-state index in [1.807, 2.05) is 19.0 Å². The SMILES string of the molecule is CN(C(=O)c1cnn(C)c1)C1CCCC1CN. The number of amides is 1. The van der Waals surface area contributed by atoms with Gasteiger partial charge >= 0.3 is 0 Å². The van der Waals surface area contributed by atoms with Crippen LogP contribution in [-0.2, 0) is 7.05 Å². The molecule has 0 aliphatic heterocycles. The summed E-state index contributed by atoms with van der Waals surface area (Å²) in [5.41, 5.74) is 6.40. The molecular formula is C12H20N4O. The first-order valence-electron chi connectivity index (χ1n) is 6.09. The molecule has 0 radical (unpaired) electrons. The smallest absolute Gasteiger partial charge is 0.257 e. The van der Waals surface area contributed by atoms with Crippen molar-refractivity contribution in [3.8, 4) is 0 Å². The number of carbonyl (C=O) groups excluding carboxylic acids is 1. The summed E-state index contributed by atoms with van der Waals surface area (Å²) in [5, 5.41) is 4.03. The fourth-order valence-corrected chi connectivity index (χ4v) is 2.69. The molecular weight excluding hydrogens is 216 g/mol. The largest absolute Gasteiger partial charge is 0.338 e. The number of nitrogens with zero attached hydrogens (tertiary/aromatic N) is 3. The summed E-state index contributed by atoms with van der Waals surface area (Å²) in [7, 11) is 3.68. The third-order valence-corrected chi connectivity index (χ3v) is 3.69. The number of aromatic nitrogens is 2. The minimum atomic E-state index is 0.0449. The minimum Gasteiger partial charge on any atom is -0.338 e. The Hall–Kier alpha value is -1.36. The summed E-state index contributed by atoms with van der Waals surface area (Å²) >= 11 is 0. The molecule has 0 saturated heterocycles. The molecule has 1 heterocycles. The second-order valence-electron chi connectivity index (χ2n) is 4.81. The molecule has 0 spiro atoms. The van der Waals surface area contributed by atoms with E-state index in [4.69, 9.17) is 5.73 Å². The van der Waals surface area contributed by atoms with Gasteiger partial charge in [-0.15, -0.1) is 0 Å². The van der Waals surface area contributed by atoms with Crippen LogP contribution in [0.15, 0.2) is 12.4 Å². The van der Waals surface area contributed by atoms with Gasteiger partial charge in [0.2, 0.25) is 0 Å². The van der Waals surface area contributed by atoms with E-state index in [9.17, 15) is 4.79 Å². The standard InChI is InChI=1S/C12H20N4O/c1-15-8-10(7-14-15)12(17)16(2)11-5-3-4-9(11)6-13/h7-9,11H,3-6,13H2,1-2H3. The van der Waals surface area contributed by atoms with Crippen molar-refractivity contribution in [2.75, 3.05) is 13.6 Å². The van der Waals surface area contributed by atoms with Crippen LogP contribution in [0.3, 0.4) is 0 Å². The van der Waals surface area contributed by atoms with Gasteiger partial charge in [0, 0.05) is 26.3 Å². The maximum atomic E-state index is 12.2. The molecule has 1 saturated carbocycles. The number of aryl methyl sites for hydroxylation is 1. The molecule has 0 bridgehead atoms. The van der Waals surface area contributed by atoms with Crippen molar-refractivity contribution in [1.82, 2.24) is 14.7 Å². The van der Waals surface area contributed by atoms with E-state index in [-0.39, 0.29) is 11.9 Å². The summed E-state index contributed by atoms with van der Waals surface area (Å²) < 4.78 is 1.65. The molecule has 1 aliphatic rings. The Kier molecular flexibility index (Phi) is 3.47. The third-order valence-electron chi connectivity index (χ3n) is 3.69. The predicted octanol–water partition coefficient (Wildman–Crippen LogP) is 0.619. The van der Waals surface area contributed by atoms with Gasteiger partial charge in [-0.3, -0.25) is 9.48 Å². The number of hydrogen-bond acceptors (Lipinski definition) is 3. The second-order valence-corrected chi connectivity index (χ2v) is 4.81. The maximum absolute atomic E-state index is 12.2. The molecule has 1 aromatic rings. The summed E-state index contributed by atoms with van der Waals surface area (Å²) in [6.07, 6.45) is 6.73. The molecule has 94 valence electrons. The van der Waals surface area contributed by atoms with Gasteiger partial charge < -0.3 is 10.6 Å². The van der Waals surface area contributed by atoms with Crippen molar-refractivity contribution in [1.29, 1.82) is 0 Å². The van der Waals surface area contributed by atoms with E-state index in [1.165, 1.54) is 0 Å². The van der Waals surface area contributed by atoms with Crippen LogP contribution in [0, 0.1) is 5.92 Å². The quantitative estimate of drug-likeness (QED) is 0.836. The van der Waals surface area contributed by atoms with Gasteiger partial charge in [0.25, 0.3) is 5.91 Å². The van der Waals surface area contributed by atoms with Crippen molar-refractivity contribution in [3.63, 3.8) is 0 Å². The Morgan fingerprint density at radius 3 is 3.00 bits per heavy atom. The van der Waals surface area contributed by atoms with Crippen LogP contribution >= 0.6 is 0 Å². The van der Waals surface area contributed by atoms with Crippen LogP contribution in [0.2, 0.25) is 0 Å². The van der Waals surface area contributed by atoms with Crippen molar-refractivity contribution in [3.05, 3.63) is 18.0 Å². The van der Waals surface area contributed by atoms with E-state index in [1.54, 1.807) is 17.1 Å². The van der Waals surface area contributed by atoms with Crippen LogP contribution in [0.4, 0.5) is 0 Å². The van der Waals surface area contributed by atoms with Gasteiger partial charge in [0.05, 0.1) is 11.8 Å². The highest BCUT2D eigenvalue weighted by Gasteiger charge is 2.32. The van der Waals surface area contributed by atoms with Crippen molar-refractivity contribution >= 4 is 5.91 Å². The molecule has 2 rings (SSSR count). The van der Waals surface area contributed by atoms with Crippen molar-refractivity contribution in [2.45, 2.75) is 25.3 Å². The zero-order valence-electron chi connectivity index (χ0n) is 10.5. The number of rotatable bonds is 3. The maximum Gasteiger partial charge on any atom is 0.257 e. The van der Waals surface area contributed by atoms with Crippen LogP contribution < -0.4 is 5.73 Å². The summed E-state index contributed by atoms with van der Waals surface area (Å²) in [6, 6.07) is 0.285. The number of carbonyl (C=O) groups is 1. The molecule has 1 fully saturated rings. The molecule has 2 atom stereocenters. The molecule has 0 aromatic carbocycles. The Morgan fingerprint density at radius 2 is 2.41 bits per heavy atom. The molecule has 2 N–H and O–H groups in total. The minimum absolute atomic E-state index is 0.0449. The highest BCUT2D eigenvalue weighted by molar-refractivity contribution is 5.93. The van der Waals surface area contributed by atoms with Gasteiger partial charge in [-0.25, -0.2) is 0 Å². The van der Waals surface area contributed by atoms with E-state index < -0.39 is 0 Å². The van der Waals surface area contributed by atoms with E-state index >= 15 is 0 Å². The lowest BCUT2D eigenvalue weighted by atomic mass is 10.0. The molecule has 1 amide bonds. The highest BCUT2D eigenvalue weighted by Crippen LogP contribution is 2.29. The van der Waals surface area contributed by atoms with Gasteiger partial charge in [0.15, 0.2) is 0 Å². The van der Waals surface area contributed by atoms with Crippen LogP contribution in [-0.4, -0.2) is 40.2 Å². The Bertz CT molecular complexity index is 401. The zero-order chi connectivity index (χ0) is 12.4. The summed E-state index contributed by atoms with van der Waals surface area (Å²) in [6.45, 7) is 0.662. The fraction of sp³-hybridized carbons (Fsp3) is 0.667. The zero-order valence-corrected chi connectivity index (χ0v) is 10.5. The molecule has 5 heteroatoms. The molecule has 17 heavy (non-hydrogen) atoms.